The Kier molecular flexibility index (Phi) is 4.18. The first-order valence-electron chi connectivity index (χ1n) is 2.68. The number of halogens is 2. The van der Waals surface area contributed by atoms with Crippen LogP contribution in [0.15, 0.2) is 16.3 Å². The van der Waals surface area contributed by atoms with Crippen LogP contribution in [0.25, 0.3) is 0 Å². The average molecular weight is 263 g/mol. The lowest BCUT2D eigenvalue weighted by atomic mass is 10.5. The Hall–Kier alpha value is -0.300. The Labute approximate surface area is 89.0 Å². The third-order valence-electron chi connectivity index (χ3n) is 1.09. The summed E-state index contributed by atoms with van der Waals surface area (Å²) in [6, 6.07) is 1.16. The fraction of sp³-hybridized carbons (Fsp3) is 0. The van der Waals surface area contributed by atoms with Crippen LogP contribution in [0.5, 0.6) is 0 Å². The first-order valence-corrected chi connectivity index (χ1v) is 5.87. The molecule has 0 aromatic carbocycles. The molecule has 8 heteroatoms. The van der Waals surface area contributed by atoms with E-state index in [1.165, 1.54) is 5.38 Å². The molecule has 1 rings (SSSR count). The summed E-state index contributed by atoms with van der Waals surface area (Å²) in [4.78, 5) is 9.81. The van der Waals surface area contributed by atoms with Gasteiger partial charge in [-0.3, -0.25) is 0 Å². The second kappa shape index (κ2) is 4.28. The second-order valence-electron chi connectivity index (χ2n) is 1.86. The van der Waals surface area contributed by atoms with Crippen molar-refractivity contribution >= 4 is 49.4 Å². The van der Waals surface area contributed by atoms with Gasteiger partial charge in [0.25, 0.3) is 9.05 Å². The maximum absolute atomic E-state index is 10.7. The Morgan fingerprint density at radius 2 is 2.08 bits per heavy atom. The standard InChI is InChI=1S/C5H3ClO4S2.ClH/c6-12(9,10)3-1-2-11-4(3)5(7)8;/h1-2H,(H,7,8);1H. The molecule has 0 aliphatic carbocycles. The van der Waals surface area contributed by atoms with Crippen molar-refractivity contribution in [3.63, 3.8) is 0 Å². The highest BCUT2D eigenvalue weighted by Crippen LogP contribution is 2.24. The van der Waals surface area contributed by atoms with Gasteiger partial charge in [0, 0.05) is 10.7 Å². The minimum absolute atomic E-state index is 0. The lowest BCUT2D eigenvalue weighted by Gasteiger charge is -1.92. The number of aromatic carboxylic acids is 1. The SMILES string of the molecule is Cl.O=C(O)c1sccc1S(=O)(=O)Cl. The first-order chi connectivity index (χ1) is 5.43. The quantitative estimate of drug-likeness (QED) is 0.826. The molecule has 74 valence electrons. The van der Waals surface area contributed by atoms with E-state index in [1.807, 2.05) is 0 Å². The minimum Gasteiger partial charge on any atom is -0.477 e. The number of carboxylic acid groups (broad SMARTS) is 1. The van der Waals surface area contributed by atoms with E-state index < -0.39 is 15.0 Å². The molecule has 0 spiro atoms. The molecule has 0 amide bonds. The molecular formula is C5H4Cl2O4S2. The highest BCUT2D eigenvalue weighted by atomic mass is 35.7. The molecule has 1 aromatic heterocycles. The van der Waals surface area contributed by atoms with E-state index in [4.69, 9.17) is 15.8 Å². The van der Waals surface area contributed by atoms with Crippen LogP contribution in [0.1, 0.15) is 9.67 Å². The lowest BCUT2D eigenvalue weighted by Crippen LogP contribution is -1.99. The Balaban J connectivity index is 0.00000144. The number of hydrogen-bond acceptors (Lipinski definition) is 4. The van der Waals surface area contributed by atoms with Crippen molar-refractivity contribution in [2.75, 3.05) is 0 Å². The third-order valence-corrected chi connectivity index (χ3v) is 3.48. The Morgan fingerprint density at radius 1 is 1.54 bits per heavy atom. The first kappa shape index (κ1) is 12.7. The molecule has 13 heavy (non-hydrogen) atoms. The smallest absolute Gasteiger partial charge is 0.347 e. The van der Waals surface area contributed by atoms with E-state index in [0.29, 0.717) is 0 Å². The van der Waals surface area contributed by atoms with E-state index in [2.05, 4.69) is 0 Å². The van der Waals surface area contributed by atoms with Crippen LogP contribution in [0, 0.1) is 0 Å². The largest absolute Gasteiger partial charge is 0.477 e. The van der Waals surface area contributed by atoms with Crippen LogP contribution in [0.2, 0.25) is 0 Å². The lowest BCUT2D eigenvalue weighted by molar-refractivity contribution is 0.0698. The van der Waals surface area contributed by atoms with Crippen molar-refractivity contribution < 1.29 is 18.3 Å². The van der Waals surface area contributed by atoms with E-state index in [9.17, 15) is 13.2 Å². The highest BCUT2D eigenvalue weighted by molar-refractivity contribution is 8.13. The zero-order valence-electron chi connectivity index (χ0n) is 5.93. The van der Waals surface area contributed by atoms with Gasteiger partial charge in [0.05, 0.1) is 0 Å². The number of rotatable bonds is 2. The topological polar surface area (TPSA) is 71.4 Å². The van der Waals surface area contributed by atoms with Gasteiger partial charge in [-0.1, -0.05) is 0 Å². The number of hydrogen-bond donors (Lipinski definition) is 1. The molecule has 0 radical (unpaired) electrons. The fourth-order valence-electron chi connectivity index (χ4n) is 0.645. The molecular weight excluding hydrogens is 259 g/mol. The van der Waals surface area contributed by atoms with Gasteiger partial charge < -0.3 is 5.11 Å². The van der Waals surface area contributed by atoms with Crippen LogP contribution < -0.4 is 0 Å². The molecule has 0 unspecified atom stereocenters. The summed E-state index contributed by atoms with van der Waals surface area (Å²) in [6.45, 7) is 0. The van der Waals surface area contributed by atoms with Gasteiger partial charge in [0.15, 0.2) is 0 Å². The van der Waals surface area contributed by atoms with Gasteiger partial charge in [0.2, 0.25) is 0 Å². The summed E-state index contributed by atoms with van der Waals surface area (Å²) >= 11 is 0.821. The monoisotopic (exact) mass is 262 g/mol. The van der Waals surface area contributed by atoms with Crippen molar-refractivity contribution in [1.29, 1.82) is 0 Å². The molecule has 0 saturated heterocycles. The minimum atomic E-state index is -3.93. The van der Waals surface area contributed by atoms with Crippen LogP contribution in [0.4, 0.5) is 0 Å². The zero-order valence-corrected chi connectivity index (χ0v) is 9.13. The van der Waals surface area contributed by atoms with Crippen LogP contribution in [-0.4, -0.2) is 19.5 Å². The predicted molar refractivity (Wildman–Crippen MR) is 51.6 cm³/mol. The molecule has 0 bridgehead atoms. The van der Waals surface area contributed by atoms with Crippen molar-refractivity contribution in [3.05, 3.63) is 16.3 Å². The Bertz CT molecular complexity index is 408. The molecule has 4 nitrogen and oxygen atoms in total. The summed E-state index contributed by atoms with van der Waals surface area (Å²) in [5, 5.41) is 9.87. The van der Waals surface area contributed by atoms with Crippen molar-refractivity contribution in [3.8, 4) is 0 Å². The van der Waals surface area contributed by atoms with E-state index in [1.54, 1.807) is 0 Å². The number of carbonyl (C=O) groups is 1. The van der Waals surface area contributed by atoms with E-state index >= 15 is 0 Å². The van der Waals surface area contributed by atoms with Crippen molar-refractivity contribution in [1.82, 2.24) is 0 Å². The zero-order chi connectivity index (χ0) is 9.35. The highest BCUT2D eigenvalue weighted by Gasteiger charge is 2.21. The van der Waals surface area contributed by atoms with Crippen LogP contribution in [-0.2, 0) is 9.05 Å². The van der Waals surface area contributed by atoms with Crippen molar-refractivity contribution in [2.45, 2.75) is 4.90 Å². The molecule has 1 N–H and O–H groups in total. The molecule has 0 aliphatic rings. The summed E-state index contributed by atoms with van der Waals surface area (Å²) in [6.07, 6.45) is 0. The van der Waals surface area contributed by atoms with Gasteiger partial charge in [-0.25, -0.2) is 13.2 Å². The molecule has 0 atom stereocenters. The molecule has 1 aromatic rings. The van der Waals surface area contributed by atoms with Gasteiger partial charge in [-0.2, -0.15) is 0 Å². The Morgan fingerprint density at radius 3 is 2.38 bits per heavy atom. The predicted octanol–water partition coefficient (Wildman–Crippen LogP) is 1.80. The maximum Gasteiger partial charge on any atom is 0.347 e. The van der Waals surface area contributed by atoms with Gasteiger partial charge in [-0.05, 0) is 11.4 Å². The fourth-order valence-corrected chi connectivity index (χ4v) is 2.89. The maximum atomic E-state index is 10.7. The molecule has 1 heterocycles. The third kappa shape index (κ3) is 2.84. The van der Waals surface area contributed by atoms with E-state index in [0.717, 1.165) is 17.4 Å². The van der Waals surface area contributed by atoms with E-state index in [-0.39, 0.29) is 22.2 Å². The van der Waals surface area contributed by atoms with Crippen molar-refractivity contribution in [2.24, 2.45) is 0 Å². The second-order valence-corrected chi connectivity index (χ2v) is 5.31. The molecule has 0 saturated carbocycles. The molecule has 0 aliphatic heterocycles. The van der Waals surface area contributed by atoms with Crippen LogP contribution in [0.3, 0.4) is 0 Å². The summed E-state index contributed by atoms with van der Waals surface area (Å²) < 4.78 is 21.5. The summed E-state index contributed by atoms with van der Waals surface area (Å²) in [7, 11) is 1.03. The van der Waals surface area contributed by atoms with Crippen LogP contribution >= 0.6 is 34.4 Å². The normalized spacial score (nSPS) is 10.5. The van der Waals surface area contributed by atoms with Gasteiger partial charge in [-0.15, -0.1) is 23.7 Å². The van der Waals surface area contributed by atoms with Gasteiger partial charge in [0.1, 0.15) is 9.77 Å². The summed E-state index contributed by atoms with van der Waals surface area (Å²) in [5.41, 5.74) is 0. The average Bonchev–Trinajstić information content (AvgIpc) is 2.30. The summed E-state index contributed by atoms with van der Waals surface area (Å²) in [5.74, 6) is -1.29. The van der Waals surface area contributed by atoms with Gasteiger partial charge >= 0.3 is 5.97 Å². The number of carboxylic acids is 1. The number of thiophene rings is 1. The molecule has 0 fully saturated rings.